The third-order valence-electron chi connectivity index (χ3n) is 3.37. The van der Waals surface area contributed by atoms with E-state index in [9.17, 15) is 0 Å². The summed E-state index contributed by atoms with van der Waals surface area (Å²) in [6.07, 6.45) is 0. The van der Waals surface area contributed by atoms with Gasteiger partial charge in [0.05, 0.1) is 15.2 Å². The monoisotopic (exact) mass is 325 g/mol. The van der Waals surface area contributed by atoms with Crippen LogP contribution in [0.1, 0.15) is 25.8 Å². The third-order valence-corrected chi connectivity index (χ3v) is 4.82. The SMILES string of the molecule is CC(C)(C)c1nc2ccc(Nc3ccc4nnnn4n3)cc2s1. The number of hydrogen-bond acceptors (Lipinski definition) is 7. The Kier molecular flexibility index (Phi) is 3.02. The van der Waals surface area contributed by atoms with Gasteiger partial charge in [-0.25, -0.2) is 4.98 Å². The zero-order valence-corrected chi connectivity index (χ0v) is 13.8. The van der Waals surface area contributed by atoms with Crippen molar-refractivity contribution in [3.63, 3.8) is 0 Å². The Morgan fingerprint density at radius 1 is 1.13 bits per heavy atom. The fourth-order valence-electron chi connectivity index (χ4n) is 2.19. The van der Waals surface area contributed by atoms with Gasteiger partial charge in [0, 0.05) is 11.1 Å². The standard InChI is InChI=1S/C15H15N7S/c1-15(2,3)14-17-10-5-4-9(8-11(10)23-14)16-12-6-7-13-18-20-21-22(13)19-12/h4-8H,1-3H3,(H,16,19). The molecule has 116 valence electrons. The number of hydrogen-bond donors (Lipinski definition) is 1. The molecule has 0 aliphatic rings. The number of benzene rings is 1. The van der Waals surface area contributed by atoms with E-state index in [0.29, 0.717) is 11.5 Å². The largest absolute Gasteiger partial charge is 0.339 e. The van der Waals surface area contributed by atoms with E-state index in [0.717, 1.165) is 20.9 Å². The normalized spacial score (nSPS) is 12.1. The molecule has 4 rings (SSSR count). The molecule has 0 bridgehead atoms. The van der Waals surface area contributed by atoms with Crippen LogP contribution in [-0.2, 0) is 5.41 Å². The number of nitrogens with zero attached hydrogens (tertiary/aromatic N) is 6. The molecule has 8 heteroatoms. The number of aromatic nitrogens is 6. The molecule has 0 saturated carbocycles. The van der Waals surface area contributed by atoms with Gasteiger partial charge in [-0.3, -0.25) is 0 Å². The van der Waals surface area contributed by atoms with Crippen LogP contribution in [0.3, 0.4) is 0 Å². The summed E-state index contributed by atoms with van der Waals surface area (Å²) in [6, 6.07) is 9.79. The van der Waals surface area contributed by atoms with Crippen molar-refractivity contribution in [2.75, 3.05) is 5.32 Å². The first-order valence-corrected chi connectivity index (χ1v) is 8.04. The van der Waals surface area contributed by atoms with Crippen molar-refractivity contribution in [1.82, 2.24) is 30.2 Å². The number of anilines is 2. The first kappa shape index (κ1) is 14.0. The average molecular weight is 325 g/mol. The molecule has 0 saturated heterocycles. The Balaban J connectivity index is 1.68. The summed E-state index contributed by atoms with van der Waals surface area (Å²) in [6.45, 7) is 6.53. The lowest BCUT2D eigenvalue weighted by Gasteiger charge is -2.13. The summed E-state index contributed by atoms with van der Waals surface area (Å²) in [4.78, 5) is 4.71. The van der Waals surface area contributed by atoms with Gasteiger partial charge in [-0.05, 0) is 40.8 Å². The van der Waals surface area contributed by atoms with Crippen molar-refractivity contribution in [2.45, 2.75) is 26.2 Å². The number of nitrogens with one attached hydrogen (secondary N) is 1. The van der Waals surface area contributed by atoms with E-state index >= 15 is 0 Å². The van der Waals surface area contributed by atoms with Crippen molar-refractivity contribution in [2.24, 2.45) is 0 Å². The summed E-state index contributed by atoms with van der Waals surface area (Å²) < 4.78 is 2.55. The molecule has 3 heterocycles. The van der Waals surface area contributed by atoms with E-state index in [4.69, 9.17) is 4.98 Å². The molecule has 0 atom stereocenters. The Morgan fingerprint density at radius 3 is 2.83 bits per heavy atom. The lowest BCUT2D eigenvalue weighted by Crippen LogP contribution is -2.09. The number of fused-ring (bicyclic) bond motifs is 2. The lowest BCUT2D eigenvalue weighted by molar-refractivity contribution is 0.587. The molecular formula is C15H15N7S. The highest BCUT2D eigenvalue weighted by molar-refractivity contribution is 7.18. The molecule has 3 aromatic heterocycles. The van der Waals surface area contributed by atoms with Crippen LogP contribution in [0.5, 0.6) is 0 Å². The van der Waals surface area contributed by atoms with Crippen LogP contribution in [0, 0.1) is 0 Å². The minimum absolute atomic E-state index is 0.0595. The highest BCUT2D eigenvalue weighted by atomic mass is 32.1. The molecule has 0 unspecified atom stereocenters. The minimum atomic E-state index is 0.0595. The van der Waals surface area contributed by atoms with Gasteiger partial charge in [-0.15, -0.1) is 26.2 Å². The van der Waals surface area contributed by atoms with Gasteiger partial charge in [-0.2, -0.15) is 0 Å². The smallest absolute Gasteiger partial charge is 0.200 e. The van der Waals surface area contributed by atoms with Crippen LogP contribution in [0.15, 0.2) is 30.3 Å². The van der Waals surface area contributed by atoms with Crippen LogP contribution in [0.4, 0.5) is 11.5 Å². The molecule has 1 N–H and O–H groups in total. The second-order valence-corrected chi connectivity index (χ2v) is 7.35. The number of rotatable bonds is 2. The molecule has 0 spiro atoms. The van der Waals surface area contributed by atoms with E-state index in [1.807, 2.05) is 24.3 Å². The van der Waals surface area contributed by atoms with Crippen LogP contribution in [-0.4, -0.2) is 30.2 Å². The lowest BCUT2D eigenvalue weighted by atomic mass is 9.98. The van der Waals surface area contributed by atoms with Crippen molar-refractivity contribution < 1.29 is 0 Å². The van der Waals surface area contributed by atoms with Crippen LogP contribution < -0.4 is 5.32 Å². The Bertz CT molecular complexity index is 996. The summed E-state index contributed by atoms with van der Waals surface area (Å²) in [7, 11) is 0. The molecule has 4 aromatic rings. The van der Waals surface area contributed by atoms with Gasteiger partial charge >= 0.3 is 0 Å². The van der Waals surface area contributed by atoms with Crippen molar-refractivity contribution in [3.05, 3.63) is 35.3 Å². The van der Waals surface area contributed by atoms with Crippen molar-refractivity contribution in [3.8, 4) is 0 Å². The van der Waals surface area contributed by atoms with Gasteiger partial charge in [0.1, 0.15) is 0 Å². The molecule has 0 fully saturated rings. The van der Waals surface area contributed by atoms with Gasteiger partial charge in [0.25, 0.3) is 0 Å². The summed E-state index contributed by atoms with van der Waals surface area (Å²) >= 11 is 1.72. The number of tetrazole rings is 1. The molecule has 0 aliphatic carbocycles. The predicted molar refractivity (Wildman–Crippen MR) is 90.2 cm³/mol. The Hall–Kier alpha value is -2.61. The zero-order chi connectivity index (χ0) is 16.0. The van der Waals surface area contributed by atoms with E-state index < -0.39 is 0 Å². The van der Waals surface area contributed by atoms with Crippen molar-refractivity contribution >= 4 is 38.7 Å². The van der Waals surface area contributed by atoms with Gasteiger partial charge in [0.15, 0.2) is 11.5 Å². The quantitative estimate of drug-likeness (QED) is 0.609. The average Bonchev–Trinajstić information content (AvgIpc) is 3.11. The van der Waals surface area contributed by atoms with E-state index in [1.54, 1.807) is 11.3 Å². The van der Waals surface area contributed by atoms with E-state index in [1.165, 1.54) is 4.63 Å². The maximum Gasteiger partial charge on any atom is 0.200 e. The first-order chi connectivity index (χ1) is 11.0. The summed E-state index contributed by atoms with van der Waals surface area (Å²) in [5, 5.41) is 19.9. The zero-order valence-electron chi connectivity index (χ0n) is 13.0. The van der Waals surface area contributed by atoms with Gasteiger partial charge in [0.2, 0.25) is 0 Å². The maximum absolute atomic E-state index is 4.71. The maximum atomic E-state index is 4.71. The highest BCUT2D eigenvalue weighted by Gasteiger charge is 2.18. The fraction of sp³-hybridized carbons (Fsp3) is 0.267. The minimum Gasteiger partial charge on any atom is -0.339 e. The molecule has 0 radical (unpaired) electrons. The summed E-state index contributed by atoms with van der Waals surface area (Å²) in [5.74, 6) is 0.685. The van der Waals surface area contributed by atoms with Crippen LogP contribution in [0.25, 0.3) is 15.9 Å². The molecule has 7 nitrogen and oxygen atoms in total. The van der Waals surface area contributed by atoms with Gasteiger partial charge < -0.3 is 5.32 Å². The fourth-order valence-corrected chi connectivity index (χ4v) is 3.25. The second kappa shape index (κ2) is 4.95. The number of thiazole rings is 1. The summed E-state index contributed by atoms with van der Waals surface area (Å²) in [5.41, 5.74) is 2.66. The molecule has 0 amide bonds. The van der Waals surface area contributed by atoms with Gasteiger partial charge in [-0.1, -0.05) is 20.8 Å². The molecular weight excluding hydrogens is 310 g/mol. The van der Waals surface area contributed by atoms with Crippen molar-refractivity contribution in [1.29, 1.82) is 0 Å². The molecule has 1 aromatic carbocycles. The predicted octanol–water partition coefficient (Wildman–Crippen LogP) is 3.17. The van der Waals surface area contributed by atoms with E-state index in [-0.39, 0.29) is 5.41 Å². The second-order valence-electron chi connectivity index (χ2n) is 6.32. The van der Waals surface area contributed by atoms with Crippen LogP contribution in [0.2, 0.25) is 0 Å². The Morgan fingerprint density at radius 2 is 2.00 bits per heavy atom. The molecule has 0 aliphatic heterocycles. The third kappa shape index (κ3) is 2.61. The van der Waals surface area contributed by atoms with Crippen LogP contribution >= 0.6 is 11.3 Å². The Labute approximate surface area is 136 Å². The topological polar surface area (TPSA) is 80.9 Å². The highest BCUT2D eigenvalue weighted by Crippen LogP contribution is 2.32. The van der Waals surface area contributed by atoms with E-state index in [2.05, 4.69) is 52.8 Å². The first-order valence-electron chi connectivity index (χ1n) is 7.22. The molecule has 23 heavy (non-hydrogen) atoms.